The maximum atomic E-state index is 12.8. The lowest BCUT2D eigenvalue weighted by Gasteiger charge is -2.40. The van der Waals surface area contributed by atoms with Gasteiger partial charge in [-0.05, 0) is 29.3 Å². The summed E-state index contributed by atoms with van der Waals surface area (Å²) >= 11 is 0. The summed E-state index contributed by atoms with van der Waals surface area (Å²) in [5.74, 6) is -1.02. The number of phenols is 3. The molecule has 2 aliphatic heterocycles. The zero-order chi connectivity index (χ0) is 23.2. The van der Waals surface area contributed by atoms with Gasteiger partial charge in [-0.3, -0.25) is 4.79 Å². The topological polar surface area (TPSA) is 177 Å². The average molecular weight is 448 g/mol. The van der Waals surface area contributed by atoms with Crippen LogP contribution >= 0.6 is 0 Å². The molecule has 0 saturated carbocycles. The van der Waals surface area contributed by atoms with Gasteiger partial charge in [0.1, 0.15) is 42.0 Å². The Labute approximate surface area is 182 Å². The number of ether oxygens (including phenoxy) is 2. The Morgan fingerprint density at radius 2 is 1.59 bits per heavy atom. The molecule has 2 aromatic carbocycles. The Hall–Kier alpha value is -2.89. The number of aliphatic hydroxyl groups is 4. The van der Waals surface area contributed by atoms with Crippen LogP contribution in [0.4, 0.5) is 0 Å². The second-order valence-corrected chi connectivity index (χ2v) is 8.03. The fraction of sp³-hybridized carbons (Fsp3) is 0.409. The molecule has 10 nitrogen and oxygen atoms in total. The van der Waals surface area contributed by atoms with Crippen LogP contribution in [-0.2, 0) is 11.2 Å². The van der Waals surface area contributed by atoms with Crippen molar-refractivity contribution in [3.05, 3.63) is 47.0 Å². The minimum atomic E-state index is -1.54. The fourth-order valence-electron chi connectivity index (χ4n) is 4.06. The van der Waals surface area contributed by atoms with Gasteiger partial charge < -0.3 is 45.2 Å². The van der Waals surface area contributed by atoms with Gasteiger partial charge in [0.25, 0.3) is 0 Å². The molecule has 172 valence electrons. The standard InChI is InChI=1S/C22H24O10/c23-8-19-21(29)22(30)20(28)18(32-19)5-10-3-11-14(26)7-16(31-17(11)6-13(10)25)9-1-2-12(24)15(27)4-9/h1-4,6,16,18-25,27-30H,5,7-8H2. The maximum absolute atomic E-state index is 12.8. The highest BCUT2D eigenvalue weighted by Crippen LogP contribution is 2.40. The number of Topliss-reactive ketones (excluding diaryl/α,β-unsaturated/α-hetero) is 1. The number of carbonyl (C=O) groups is 1. The molecule has 10 heteroatoms. The van der Waals surface area contributed by atoms with Crippen molar-refractivity contribution in [3.8, 4) is 23.0 Å². The van der Waals surface area contributed by atoms with Gasteiger partial charge in [-0.2, -0.15) is 0 Å². The summed E-state index contributed by atoms with van der Waals surface area (Å²) in [6.07, 6.45) is -7.48. The molecule has 1 saturated heterocycles. The fourth-order valence-corrected chi connectivity index (χ4v) is 4.06. The van der Waals surface area contributed by atoms with Gasteiger partial charge in [0, 0.05) is 12.5 Å². The number of fused-ring (bicyclic) bond motifs is 1. The first-order valence-electron chi connectivity index (χ1n) is 10.1. The second-order valence-electron chi connectivity index (χ2n) is 8.03. The molecule has 1 fully saturated rings. The monoisotopic (exact) mass is 448 g/mol. The number of carbonyl (C=O) groups excluding carboxylic acids is 1. The Morgan fingerprint density at radius 1 is 0.875 bits per heavy atom. The number of rotatable bonds is 4. The summed E-state index contributed by atoms with van der Waals surface area (Å²) in [4.78, 5) is 12.8. The lowest BCUT2D eigenvalue weighted by molar-refractivity contribution is -0.228. The van der Waals surface area contributed by atoms with Crippen LogP contribution in [0.15, 0.2) is 30.3 Å². The van der Waals surface area contributed by atoms with E-state index in [2.05, 4.69) is 0 Å². The van der Waals surface area contributed by atoms with Crippen molar-refractivity contribution in [1.82, 2.24) is 0 Å². The van der Waals surface area contributed by atoms with Crippen LogP contribution in [0.2, 0.25) is 0 Å². The molecule has 0 aromatic heterocycles. The van der Waals surface area contributed by atoms with Crippen LogP contribution in [0.5, 0.6) is 23.0 Å². The van der Waals surface area contributed by atoms with Gasteiger partial charge in [0.15, 0.2) is 17.3 Å². The van der Waals surface area contributed by atoms with Crippen molar-refractivity contribution in [1.29, 1.82) is 0 Å². The van der Waals surface area contributed by atoms with E-state index in [1.807, 2.05) is 0 Å². The first-order chi connectivity index (χ1) is 15.2. The molecule has 0 aliphatic carbocycles. The molecule has 2 aromatic rings. The van der Waals surface area contributed by atoms with Gasteiger partial charge >= 0.3 is 0 Å². The van der Waals surface area contributed by atoms with E-state index < -0.39 is 43.2 Å². The molecule has 7 N–H and O–H groups in total. The number of hydrogen-bond donors (Lipinski definition) is 7. The normalized spacial score (nSPS) is 29.9. The molecular formula is C22H24O10. The highest BCUT2D eigenvalue weighted by Gasteiger charge is 2.43. The molecule has 2 heterocycles. The number of aromatic hydroxyl groups is 3. The van der Waals surface area contributed by atoms with E-state index in [1.165, 1.54) is 30.3 Å². The van der Waals surface area contributed by atoms with E-state index in [-0.39, 0.29) is 52.7 Å². The van der Waals surface area contributed by atoms with Crippen LogP contribution in [0.1, 0.15) is 34.0 Å². The molecule has 4 rings (SSSR count). The van der Waals surface area contributed by atoms with Gasteiger partial charge in [-0.1, -0.05) is 6.07 Å². The first-order valence-corrected chi connectivity index (χ1v) is 10.1. The minimum Gasteiger partial charge on any atom is -0.508 e. The smallest absolute Gasteiger partial charge is 0.170 e. The lowest BCUT2D eigenvalue weighted by atomic mass is 9.89. The third kappa shape index (κ3) is 3.98. The zero-order valence-corrected chi connectivity index (χ0v) is 16.8. The van der Waals surface area contributed by atoms with Gasteiger partial charge in [-0.15, -0.1) is 0 Å². The molecule has 6 unspecified atom stereocenters. The molecule has 2 aliphatic rings. The van der Waals surface area contributed by atoms with Crippen molar-refractivity contribution in [2.24, 2.45) is 0 Å². The van der Waals surface area contributed by atoms with E-state index in [0.29, 0.717) is 5.56 Å². The summed E-state index contributed by atoms with van der Waals surface area (Å²) in [6, 6.07) is 6.78. The van der Waals surface area contributed by atoms with Crippen molar-refractivity contribution in [2.75, 3.05) is 6.61 Å². The summed E-state index contributed by atoms with van der Waals surface area (Å²) in [6.45, 7) is -0.571. The summed E-state index contributed by atoms with van der Waals surface area (Å²) < 4.78 is 11.3. The predicted molar refractivity (Wildman–Crippen MR) is 108 cm³/mol. The molecule has 0 radical (unpaired) electrons. The van der Waals surface area contributed by atoms with Crippen LogP contribution in [0, 0.1) is 0 Å². The molecular weight excluding hydrogens is 424 g/mol. The van der Waals surface area contributed by atoms with Crippen LogP contribution in [0.3, 0.4) is 0 Å². The van der Waals surface area contributed by atoms with Crippen LogP contribution in [0.25, 0.3) is 0 Å². The summed E-state index contributed by atoms with van der Waals surface area (Å²) in [5, 5.41) is 69.1. The number of benzene rings is 2. The number of aliphatic hydroxyl groups excluding tert-OH is 4. The van der Waals surface area contributed by atoms with E-state index in [4.69, 9.17) is 9.47 Å². The van der Waals surface area contributed by atoms with Crippen molar-refractivity contribution < 1.29 is 50.0 Å². The van der Waals surface area contributed by atoms with Gasteiger partial charge in [-0.25, -0.2) is 0 Å². The maximum Gasteiger partial charge on any atom is 0.170 e. The van der Waals surface area contributed by atoms with E-state index in [1.54, 1.807) is 0 Å². The SMILES string of the molecule is O=C1CC(c2ccc(O)c(O)c2)Oc2cc(O)c(CC3OC(CO)C(O)C(O)C3O)cc21. The average Bonchev–Trinajstić information content (AvgIpc) is 2.76. The molecule has 0 spiro atoms. The molecule has 0 amide bonds. The number of phenolic OH excluding ortho intramolecular Hbond substituents is 3. The Morgan fingerprint density at radius 3 is 2.28 bits per heavy atom. The number of ketones is 1. The predicted octanol–water partition coefficient (Wildman–Crippen LogP) is -0.105. The summed E-state index contributed by atoms with van der Waals surface area (Å²) in [7, 11) is 0. The molecule has 0 bridgehead atoms. The Kier molecular flexibility index (Phi) is 5.97. The number of hydrogen-bond acceptors (Lipinski definition) is 10. The summed E-state index contributed by atoms with van der Waals surface area (Å²) in [5.41, 5.74) is 0.941. The molecule has 6 atom stereocenters. The van der Waals surface area contributed by atoms with Crippen LogP contribution < -0.4 is 4.74 Å². The van der Waals surface area contributed by atoms with Gasteiger partial charge in [0.2, 0.25) is 0 Å². The van der Waals surface area contributed by atoms with Crippen LogP contribution in [-0.4, -0.2) is 78.7 Å². The second kappa shape index (κ2) is 8.57. The molecule has 32 heavy (non-hydrogen) atoms. The van der Waals surface area contributed by atoms with Gasteiger partial charge in [0.05, 0.1) is 24.7 Å². The first kappa shape index (κ1) is 22.3. The third-order valence-electron chi connectivity index (χ3n) is 5.90. The van der Waals surface area contributed by atoms with E-state index >= 15 is 0 Å². The van der Waals surface area contributed by atoms with Crippen molar-refractivity contribution in [2.45, 2.75) is 49.5 Å². The largest absolute Gasteiger partial charge is 0.508 e. The Balaban J connectivity index is 1.57. The quantitative estimate of drug-likeness (QED) is 0.312. The van der Waals surface area contributed by atoms with E-state index in [9.17, 15) is 40.5 Å². The minimum absolute atomic E-state index is 0.0402. The van der Waals surface area contributed by atoms with Crippen molar-refractivity contribution >= 4 is 5.78 Å². The highest BCUT2D eigenvalue weighted by molar-refractivity contribution is 6.00. The Bertz CT molecular complexity index is 1020. The van der Waals surface area contributed by atoms with E-state index in [0.717, 1.165) is 0 Å². The van der Waals surface area contributed by atoms with Crippen molar-refractivity contribution in [3.63, 3.8) is 0 Å². The lowest BCUT2D eigenvalue weighted by Crippen LogP contribution is -2.59. The highest BCUT2D eigenvalue weighted by atomic mass is 16.5. The third-order valence-corrected chi connectivity index (χ3v) is 5.90. The zero-order valence-electron chi connectivity index (χ0n) is 16.8.